The average molecular weight is 286 g/mol. The number of hydrogen-bond donors (Lipinski definition) is 3. The Bertz CT molecular complexity index is 306. The molecule has 3 N–H and O–H groups in total. The third-order valence-corrected chi connectivity index (χ3v) is 5.51. The van der Waals surface area contributed by atoms with E-state index in [2.05, 4.69) is 17.6 Å². The molecule has 2 aliphatic carbocycles. The van der Waals surface area contributed by atoms with Crippen molar-refractivity contribution >= 4 is 17.8 Å². The van der Waals surface area contributed by atoms with Gasteiger partial charge in [-0.25, -0.2) is 4.79 Å². The Morgan fingerprint density at radius 3 is 2.84 bits per heavy atom. The standard InChI is InChI=1S/C14H26N2O2S/c1-2-19-12-5-3-4-11(8-12)16-13(18)15-9-14(10-17)6-7-14/h11-12,17H,2-10H2,1H3,(H2,15,16,18). The predicted octanol–water partition coefficient (Wildman–Crippen LogP) is 2.12. The van der Waals surface area contributed by atoms with Crippen molar-refractivity contribution in [1.82, 2.24) is 10.6 Å². The first-order valence-electron chi connectivity index (χ1n) is 7.44. The number of thioether (sulfide) groups is 1. The molecule has 2 unspecified atom stereocenters. The summed E-state index contributed by atoms with van der Waals surface area (Å²) in [7, 11) is 0. The first-order chi connectivity index (χ1) is 9.17. The van der Waals surface area contributed by atoms with E-state index < -0.39 is 0 Å². The molecule has 0 spiro atoms. The number of urea groups is 1. The van der Waals surface area contributed by atoms with Gasteiger partial charge in [0.1, 0.15) is 0 Å². The highest BCUT2D eigenvalue weighted by molar-refractivity contribution is 7.99. The summed E-state index contributed by atoms with van der Waals surface area (Å²) in [5.41, 5.74) is -0.00942. The summed E-state index contributed by atoms with van der Waals surface area (Å²) in [6.07, 6.45) is 6.75. The smallest absolute Gasteiger partial charge is 0.315 e. The quantitative estimate of drug-likeness (QED) is 0.701. The van der Waals surface area contributed by atoms with Crippen molar-refractivity contribution in [2.45, 2.75) is 56.7 Å². The number of rotatable bonds is 6. The summed E-state index contributed by atoms with van der Waals surface area (Å²) < 4.78 is 0. The zero-order valence-corrected chi connectivity index (χ0v) is 12.6. The van der Waals surface area contributed by atoms with E-state index in [4.69, 9.17) is 0 Å². The third-order valence-electron chi connectivity index (χ3n) is 4.28. The highest BCUT2D eigenvalue weighted by Crippen LogP contribution is 2.44. The minimum atomic E-state index is -0.0631. The number of aliphatic hydroxyl groups excluding tert-OH is 1. The molecule has 0 heterocycles. The van der Waals surface area contributed by atoms with Crippen molar-refractivity contribution in [3.8, 4) is 0 Å². The van der Waals surface area contributed by atoms with Crippen LogP contribution >= 0.6 is 11.8 Å². The normalized spacial score (nSPS) is 28.7. The van der Waals surface area contributed by atoms with Gasteiger partial charge in [-0.2, -0.15) is 11.8 Å². The van der Waals surface area contributed by atoms with Crippen molar-refractivity contribution in [2.24, 2.45) is 5.41 Å². The van der Waals surface area contributed by atoms with Crippen LogP contribution in [-0.4, -0.2) is 41.3 Å². The second-order valence-corrected chi connectivity index (χ2v) is 7.50. The van der Waals surface area contributed by atoms with Crippen molar-refractivity contribution in [3.05, 3.63) is 0 Å². The van der Waals surface area contributed by atoms with E-state index >= 15 is 0 Å². The molecule has 0 aromatic heterocycles. The number of carbonyl (C=O) groups excluding carboxylic acids is 1. The van der Waals surface area contributed by atoms with Gasteiger partial charge in [-0.05, 0) is 37.9 Å². The lowest BCUT2D eigenvalue weighted by Crippen LogP contribution is -2.46. The fraction of sp³-hybridized carbons (Fsp3) is 0.929. The van der Waals surface area contributed by atoms with Crippen LogP contribution in [0.3, 0.4) is 0 Å². The van der Waals surface area contributed by atoms with Crippen molar-refractivity contribution in [1.29, 1.82) is 0 Å². The van der Waals surface area contributed by atoms with E-state index in [1.165, 1.54) is 12.8 Å². The van der Waals surface area contributed by atoms with Crippen LogP contribution in [0.5, 0.6) is 0 Å². The predicted molar refractivity (Wildman–Crippen MR) is 79.5 cm³/mol. The van der Waals surface area contributed by atoms with Crippen molar-refractivity contribution < 1.29 is 9.90 Å². The van der Waals surface area contributed by atoms with Gasteiger partial charge in [0.2, 0.25) is 0 Å². The molecule has 0 aromatic rings. The maximum Gasteiger partial charge on any atom is 0.315 e. The summed E-state index contributed by atoms with van der Waals surface area (Å²) in [4.78, 5) is 11.9. The zero-order valence-electron chi connectivity index (χ0n) is 11.8. The highest BCUT2D eigenvalue weighted by Gasteiger charge is 2.42. The van der Waals surface area contributed by atoms with Crippen LogP contribution in [0.1, 0.15) is 45.4 Å². The number of hydrogen-bond acceptors (Lipinski definition) is 3. The van der Waals surface area contributed by atoms with Gasteiger partial charge in [0, 0.05) is 23.3 Å². The zero-order chi connectivity index (χ0) is 13.7. The van der Waals surface area contributed by atoms with E-state index in [0.717, 1.165) is 31.4 Å². The monoisotopic (exact) mass is 286 g/mol. The van der Waals surface area contributed by atoms with Gasteiger partial charge in [-0.1, -0.05) is 13.3 Å². The van der Waals surface area contributed by atoms with Crippen LogP contribution in [0.15, 0.2) is 0 Å². The molecule has 0 radical (unpaired) electrons. The van der Waals surface area contributed by atoms with Gasteiger partial charge in [0.25, 0.3) is 0 Å². The van der Waals surface area contributed by atoms with Gasteiger partial charge < -0.3 is 15.7 Å². The Morgan fingerprint density at radius 2 is 2.21 bits per heavy atom. The molecule has 2 atom stereocenters. The molecule has 19 heavy (non-hydrogen) atoms. The van der Waals surface area contributed by atoms with Gasteiger partial charge in [-0.3, -0.25) is 0 Å². The maximum absolute atomic E-state index is 11.9. The average Bonchev–Trinajstić information content (AvgIpc) is 3.18. The molecule has 5 heteroatoms. The molecule has 110 valence electrons. The van der Waals surface area contributed by atoms with Gasteiger partial charge in [0.15, 0.2) is 0 Å². The van der Waals surface area contributed by atoms with Crippen LogP contribution < -0.4 is 10.6 Å². The van der Waals surface area contributed by atoms with Gasteiger partial charge in [0.05, 0.1) is 6.61 Å². The van der Waals surface area contributed by atoms with Crippen molar-refractivity contribution in [2.75, 3.05) is 18.9 Å². The van der Waals surface area contributed by atoms with Gasteiger partial charge >= 0.3 is 6.03 Å². The molecule has 2 aliphatic rings. The highest BCUT2D eigenvalue weighted by atomic mass is 32.2. The molecule has 0 saturated heterocycles. The minimum Gasteiger partial charge on any atom is -0.396 e. The Morgan fingerprint density at radius 1 is 1.42 bits per heavy atom. The van der Waals surface area contributed by atoms with Crippen molar-refractivity contribution in [3.63, 3.8) is 0 Å². The Hall–Kier alpha value is -0.420. The fourth-order valence-corrected chi connectivity index (χ4v) is 3.91. The van der Waals surface area contributed by atoms with Crippen LogP contribution in [0.2, 0.25) is 0 Å². The lowest BCUT2D eigenvalue weighted by atomic mass is 9.95. The summed E-state index contributed by atoms with van der Waals surface area (Å²) in [6, 6.07) is 0.258. The topological polar surface area (TPSA) is 61.4 Å². The number of carbonyl (C=O) groups is 1. The Kier molecular flexibility index (Phi) is 5.39. The van der Waals surface area contributed by atoms with Gasteiger partial charge in [-0.15, -0.1) is 0 Å². The van der Waals surface area contributed by atoms with Crippen LogP contribution in [0, 0.1) is 5.41 Å². The largest absolute Gasteiger partial charge is 0.396 e. The number of nitrogens with one attached hydrogen (secondary N) is 2. The van der Waals surface area contributed by atoms with E-state index in [-0.39, 0.29) is 18.1 Å². The molecule has 0 aliphatic heterocycles. The second-order valence-electron chi connectivity index (χ2n) is 5.93. The molecule has 2 amide bonds. The molecule has 0 bridgehead atoms. The summed E-state index contributed by atoms with van der Waals surface area (Å²) >= 11 is 2.01. The van der Waals surface area contributed by atoms with Crippen LogP contribution in [-0.2, 0) is 0 Å². The lowest BCUT2D eigenvalue weighted by molar-refractivity contribution is 0.201. The molecule has 2 fully saturated rings. The summed E-state index contributed by atoms with van der Waals surface area (Å²) in [5.74, 6) is 1.16. The second kappa shape index (κ2) is 6.84. The molecule has 4 nitrogen and oxygen atoms in total. The Balaban J connectivity index is 1.66. The fourth-order valence-electron chi connectivity index (χ4n) is 2.73. The SMILES string of the molecule is CCSC1CCCC(NC(=O)NCC2(CO)CC2)C1. The molecular weight excluding hydrogens is 260 g/mol. The summed E-state index contributed by atoms with van der Waals surface area (Å²) in [5, 5.41) is 15.9. The first kappa shape index (κ1) is 15.0. The molecule has 0 aromatic carbocycles. The molecular formula is C14H26N2O2S. The number of amides is 2. The van der Waals surface area contributed by atoms with Crippen LogP contribution in [0.4, 0.5) is 4.79 Å². The van der Waals surface area contributed by atoms with E-state index in [9.17, 15) is 9.90 Å². The summed E-state index contributed by atoms with van der Waals surface area (Å²) in [6.45, 7) is 2.99. The van der Waals surface area contributed by atoms with E-state index in [0.29, 0.717) is 17.8 Å². The lowest BCUT2D eigenvalue weighted by Gasteiger charge is -2.29. The maximum atomic E-state index is 11.9. The van der Waals surface area contributed by atoms with Crippen LogP contribution in [0.25, 0.3) is 0 Å². The molecule has 2 rings (SSSR count). The Labute approximate surface area is 120 Å². The first-order valence-corrected chi connectivity index (χ1v) is 8.49. The third kappa shape index (κ3) is 4.56. The minimum absolute atomic E-state index is 0.00942. The van der Waals surface area contributed by atoms with E-state index in [1.807, 2.05) is 11.8 Å². The van der Waals surface area contributed by atoms with E-state index in [1.54, 1.807) is 0 Å². The molecule has 2 saturated carbocycles. The number of aliphatic hydroxyl groups is 1.